The summed E-state index contributed by atoms with van der Waals surface area (Å²) in [7, 11) is 1.86. The van der Waals surface area contributed by atoms with Gasteiger partial charge >= 0.3 is 6.03 Å². The minimum atomic E-state index is -0.199. The Morgan fingerprint density at radius 3 is 3.00 bits per heavy atom. The zero-order valence-corrected chi connectivity index (χ0v) is 10.3. The fourth-order valence-electron chi connectivity index (χ4n) is 1.46. The summed E-state index contributed by atoms with van der Waals surface area (Å²) in [6.07, 6.45) is 5.04. The highest BCUT2D eigenvalue weighted by molar-refractivity contribution is 5.74. The minimum absolute atomic E-state index is 0.0154. The van der Waals surface area contributed by atoms with Gasteiger partial charge in [-0.1, -0.05) is 0 Å². The average Bonchev–Trinajstić information content (AvgIpc) is 2.64. The van der Waals surface area contributed by atoms with Gasteiger partial charge in [-0.25, -0.2) is 4.79 Å². The van der Waals surface area contributed by atoms with Crippen molar-refractivity contribution < 1.29 is 9.90 Å². The lowest BCUT2D eigenvalue weighted by molar-refractivity contribution is 0.231. The molecule has 0 aromatic carbocycles. The fraction of sp³-hybridized carbons (Fsp3) is 0.636. The summed E-state index contributed by atoms with van der Waals surface area (Å²) in [6.45, 7) is 2.51. The van der Waals surface area contributed by atoms with Gasteiger partial charge in [0.2, 0.25) is 0 Å². The quantitative estimate of drug-likeness (QED) is 0.656. The summed E-state index contributed by atoms with van der Waals surface area (Å²) in [4.78, 5) is 11.4. The predicted molar refractivity (Wildman–Crippen MR) is 64.6 cm³/mol. The smallest absolute Gasteiger partial charge is 0.315 e. The summed E-state index contributed by atoms with van der Waals surface area (Å²) >= 11 is 0. The molecule has 17 heavy (non-hydrogen) atoms. The molecule has 6 nitrogen and oxygen atoms in total. The molecule has 0 spiro atoms. The van der Waals surface area contributed by atoms with E-state index in [0.29, 0.717) is 13.0 Å². The van der Waals surface area contributed by atoms with Crippen LogP contribution in [0.4, 0.5) is 4.79 Å². The molecule has 0 saturated heterocycles. The van der Waals surface area contributed by atoms with Crippen LogP contribution in [0.3, 0.4) is 0 Å². The molecule has 0 fully saturated rings. The summed E-state index contributed by atoms with van der Waals surface area (Å²) in [5.74, 6) is 0. The molecule has 1 rings (SSSR count). The van der Waals surface area contributed by atoms with Gasteiger partial charge in [-0.05, 0) is 25.3 Å². The number of carbonyl (C=O) groups excluding carboxylic acids is 1. The molecule has 96 valence electrons. The van der Waals surface area contributed by atoms with Crippen LogP contribution in [0.5, 0.6) is 0 Å². The van der Waals surface area contributed by atoms with E-state index in [1.54, 1.807) is 10.9 Å². The van der Waals surface area contributed by atoms with E-state index in [1.165, 1.54) is 0 Å². The largest absolute Gasteiger partial charge is 0.396 e. The monoisotopic (exact) mass is 240 g/mol. The maximum absolute atomic E-state index is 11.4. The normalized spacial score (nSPS) is 12.2. The molecule has 0 aliphatic carbocycles. The summed E-state index contributed by atoms with van der Waals surface area (Å²) in [5, 5.41) is 18.2. The Balaban J connectivity index is 2.16. The number of aromatic nitrogens is 2. The summed E-state index contributed by atoms with van der Waals surface area (Å²) in [6, 6.07) is -0.215. The highest BCUT2D eigenvalue weighted by Crippen LogP contribution is 1.96. The van der Waals surface area contributed by atoms with E-state index < -0.39 is 0 Å². The van der Waals surface area contributed by atoms with E-state index in [4.69, 9.17) is 5.11 Å². The van der Waals surface area contributed by atoms with Gasteiger partial charge < -0.3 is 15.7 Å². The summed E-state index contributed by atoms with van der Waals surface area (Å²) in [5.41, 5.74) is 1.09. The lowest BCUT2D eigenvalue weighted by Gasteiger charge is -2.12. The van der Waals surface area contributed by atoms with E-state index in [2.05, 4.69) is 15.7 Å². The molecule has 6 heteroatoms. The van der Waals surface area contributed by atoms with Crippen LogP contribution in [0.1, 0.15) is 18.9 Å². The molecule has 2 amide bonds. The van der Waals surface area contributed by atoms with Gasteiger partial charge in [-0.15, -0.1) is 0 Å². The van der Waals surface area contributed by atoms with Crippen molar-refractivity contribution in [3.63, 3.8) is 0 Å². The summed E-state index contributed by atoms with van der Waals surface area (Å²) < 4.78 is 1.73. The number of hydrogen-bond acceptors (Lipinski definition) is 3. The van der Waals surface area contributed by atoms with Gasteiger partial charge in [0.05, 0.1) is 6.20 Å². The molecular weight excluding hydrogens is 220 g/mol. The number of carbonyl (C=O) groups is 1. The number of aliphatic hydroxyl groups excluding tert-OH is 1. The van der Waals surface area contributed by atoms with Gasteiger partial charge in [0.1, 0.15) is 0 Å². The van der Waals surface area contributed by atoms with Gasteiger partial charge in [-0.2, -0.15) is 5.10 Å². The van der Waals surface area contributed by atoms with Crippen LogP contribution < -0.4 is 10.6 Å². The molecule has 0 bridgehead atoms. The fourth-order valence-corrected chi connectivity index (χ4v) is 1.46. The first kappa shape index (κ1) is 13.5. The molecule has 3 N–H and O–H groups in total. The standard InChI is InChI=1S/C11H20N4O2/c1-9(4-6-16)14-11(17)12-5-3-10-7-13-15(2)8-10/h7-9,16H,3-6H2,1-2H3,(H2,12,14,17)/t9-/m1/s1. The van der Waals surface area contributed by atoms with Crippen LogP contribution in [0, 0.1) is 0 Å². The Hall–Kier alpha value is -1.56. The van der Waals surface area contributed by atoms with Crippen LogP contribution in [-0.4, -0.2) is 40.1 Å². The maximum atomic E-state index is 11.4. The molecule has 1 heterocycles. The molecule has 1 aromatic heterocycles. The van der Waals surface area contributed by atoms with Crippen LogP contribution in [0.25, 0.3) is 0 Å². The predicted octanol–water partition coefficient (Wildman–Crippen LogP) is 0.0327. The van der Waals surface area contributed by atoms with Crippen molar-refractivity contribution >= 4 is 6.03 Å². The Morgan fingerprint density at radius 1 is 1.65 bits per heavy atom. The number of urea groups is 1. The lowest BCUT2D eigenvalue weighted by atomic mass is 10.2. The number of aliphatic hydroxyl groups is 1. The molecule has 1 aromatic rings. The van der Waals surface area contributed by atoms with Crippen LogP contribution >= 0.6 is 0 Å². The third-order valence-corrected chi connectivity index (χ3v) is 2.40. The molecule has 1 atom stereocenters. The van der Waals surface area contributed by atoms with E-state index in [9.17, 15) is 4.79 Å². The number of hydrogen-bond donors (Lipinski definition) is 3. The second-order valence-electron chi connectivity index (χ2n) is 4.09. The molecular formula is C11H20N4O2. The van der Waals surface area contributed by atoms with Crippen molar-refractivity contribution in [2.24, 2.45) is 7.05 Å². The van der Waals surface area contributed by atoms with Gasteiger partial charge in [0, 0.05) is 32.4 Å². The van der Waals surface area contributed by atoms with E-state index in [0.717, 1.165) is 12.0 Å². The van der Waals surface area contributed by atoms with E-state index >= 15 is 0 Å². The molecule has 0 unspecified atom stereocenters. The number of aryl methyl sites for hydroxylation is 1. The van der Waals surface area contributed by atoms with Crippen molar-refractivity contribution in [2.75, 3.05) is 13.2 Å². The minimum Gasteiger partial charge on any atom is -0.396 e. The first-order chi connectivity index (χ1) is 8.11. The van der Waals surface area contributed by atoms with Crippen LogP contribution in [-0.2, 0) is 13.5 Å². The molecule has 0 radical (unpaired) electrons. The van der Waals surface area contributed by atoms with Gasteiger partial charge in [0.15, 0.2) is 0 Å². The second kappa shape index (κ2) is 6.90. The SMILES string of the molecule is C[C@H](CCO)NC(=O)NCCc1cnn(C)c1. The molecule has 0 aliphatic rings. The Kier molecular flexibility index (Phi) is 5.48. The maximum Gasteiger partial charge on any atom is 0.315 e. The lowest BCUT2D eigenvalue weighted by Crippen LogP contribution is -2.41. The number of amides is 2. The number of nitrogens with one attached hydrogen (secondary N) is 2. The highest BCUT2D eigenvalue weighted by atomic mass is 16.3. The first-order valence-corrected chi connectivity index (χ1v) is 5.74. The third-order valence-electron chi connectivity index (χ3n) is 2.40. The van der Waals surface area contributed by atoms with Crippen molar-refractivity contribution in [3.8, 4) is 0 Å². The van der Waals surface area contributed by atoms with Crippen molar-refractivity contribution in [3.05, 3.63) is 18.0 Å². The van der Waals surface area contributed by atoms with Crippen molar-refractivity contribution in [1.29, 1.82) is 0 Å². The van der Waals surface area contributed by atoms with E-state index in [-0.39, 0.29) is 18.7 Å². The Bertz CT molecular complexity index is 351. The number of rotatable bonds is 6. The topological polar surface area (TPSA) is 79.2 Å². The van der Waals surface area contributed by atoms with Crippen LogP contribution in [0.15, 0.2) is 12.4 Å². The molecule has 0 aliphatic heterocycles. The Morgan fingerprint density at radius 2 is 2.41 bits per heavy atom. The highest BCUT2D eigenvalue weighted by Gasteiger charge is 2.05. The van der Waals surface area contributed by atoms with Crippen LogP contribution in [0.2, 0.25) is 0 Å². The van der Waals surface area contributed by atoms with Gasteiger partial charge in [0.25, 0.3) is 0 Å². The average molecular weight is 240 g/mol. The first-order valence-electron chi connectivity index (χ1n) is 5.74. The van der Waals surface area contributed by atoms with Gasteiger partial charge in [-0.3, -0.25) is 4.68 Å². The van der Waals surface area contributed by atoms with Crippen molar-refractivity contribution in [2.45, 2.75) is 25.8 Å². The Labute approximate surface area is 101 Å². The third kappa shape index (κ3) is 5.35. The van der Waals surface area contributed by atoms with E-state index in [1.807, 2.05) is 20.2 Å². The molecule has 0 saturated carbocycles. The zero-order valence-electron chi connectivity index (χ0n) is 10.3. The number of nitrogens with zero attached hydrogens (tertiary/aromatic N) is 2. The van der Waals surface area contributed by atoms with Crippen molar-refractivity contribution in [1.82, 2.24) is 20.4 Å². The zero-order chi connectivity index (χ0) is 12.7. The second-order valence-corrected chi connectivity index (χ2v) is 4.09.